The first kappa shape index (κ1) is 90.1. The van der Waals surface area contributed by atoms with Gasteiger partial charge in [-0.2, -0.15) is 0 Å². The summed E-state index contributed by atoms with van der Waals surface area (Å²) >= 11 is 0. The molecule has 546 valence electrons. The largest absolute Gasteiger partial charge is 0.472 e. The minimum Gasteiger partial charge on any atom is -0.462 e. The van der Waals surface area contributed by atoms with Crippen LogP contribution in [0.15, 0.2) is 0 Å². The number of aliphatic hydroxyl groups excluding tert-OH is 1. The van der Waals surface area contributed by atoms with Gasteiger partial charge < -0.3 is 33.8 Å². The van der Waals surface area contributed by atoms with E-state index in [9.17, 15) is 43.2 Å². The summed E-state index contributed by atoms with van der Waals surface area (Å²) in [5.41, 5.74) is 0. The van der Waals surface area contributed by atoms with Crippen LogP contribution in [0.3, 0.4) is 0 Å². The summed E-state index contributed by atoms with van der Waals surface area (Å²) in [6.45, 7) is 9.58. The fourth-order valence-corrected chi connectivity index (χ4v) is 12.7. The average Bonchev–Trinajstić information content (AvgIpc) is 3.51. The molecular formula is C73H142O17P2. The molecule has 17 nitrogen and oxygen atoms in total. The van der Waals surface area contributed by atoms with Crippen molar-refractivity contribution in [2.75, 3.05) is 39.6 Å². The van der Waals surface area contributed by atoms with E-state index in [1.54, 1.807) is 0 Å². The zero-order valence-electron chi connectivity index (χ0n) is 59.9. The molecule has 19 heteroatoms. The summed E-state index contributed by atoms with van der Waals surface area (Å²) < 4.78 is 68.4. The van der Waals surface area contributed by atoms with Crippen LogP contribution in [0.2, 0.25) is 0 Å². The van der Waals surface area contributed by atoms with Crippen LogP contribution in [0.25, 0.3) is 0 Å². The highest BCUT2D eigenvalue weighted by atomic mass is 31.2. The first-order valence-electron chi connectivity index (χ1n) is 38.0. The van der Waals surface area contributed by atoms with Gasteiger partial charge in [-0.3, -0.25) is 37.3 Å². The van der Waals surface area contributed by atoms with Crippen molar-refractivity contribution < 1.29 is 80.2 Å². The van der Waals surface area contributed by atoms with Gasteiger partial charge in [0.1, 0.15) is 19.3 Å². The van der Waals surface area contributed by atoms with Gasteiger partial charge in [-0.1, -0.05) is 324 Å². The topological polar surface area (TPSA) is 237 Å². The number of carbonyl (C=O) groups is 4. The molecule has 0 saturated carbocycles. The Hall–Kier alpha value is -1.94. The molecule has 0 fully saturated rings. The minimum atomic E-state index is -4.95. The molecule has 0 radical (unpaired) electrons. The van der Waals surface area contributed by atoms with Crippen molar-refractivity contribution in [1.29, 1.82) is 0 Å². The number of hydrogen-bond acceptors (Lipinski definition) is 15. The van der Waals surface area contributed by atoms with Crippen molar-refractivity contribution in [2.45, 2.75) is 394 Å². The summed E-state index contributed by atoms with van der Waals surface area (Å²) in [4.78, 5) is 72.7. The molecule has 0 aliphatic rings. The van der Waals surface area contributed by atoms with Crippen LogP contribution in [0, 0.1) is 11.8 Å². The average molecular weight is 1350 g/mol. The maximum Gasteiger partial charge on any atom is 0.472 e. The van der Waals surface area contributed by atoms with E-state index in [2.05, 4.69) is 41.5 Å². The Morgan fingerprint density at radius 3 is 0.826 bits per heavy atom. The first-order valence-corrected chi connectivity index (χ1v) is 41.0. The lowest BCUT2D eigenvalue weighted by molar-refractivity contribution is -0.161. The van der Waals surface area contributed by atoms with Crippen LogP contribution >= 0.6 is 15.6 Å². The number of carbonyl (C=O) groups excluding carboxylic acids is 4. The Kier molecular flexibility index (Phi) is 63.7. The highest BCUT2D eigenvalue weighted by Gasteiger charge is 2.30. The van der Waals surface area contributed by atoms with Gasteiger partial charge in [-0.05, 0) is 37.5 Å². The van der Waals surface area contributed by atoms with Crippen LogP contribution in [0.4, 0.5) is 0 Å². The highest BCUT2D eigenvalue weighted by Crippen LogP contribution is 2.45. The zero-order chi connectivity index (χ0) is 67.9. The Bertz CT molecular complexity index is 1790. The Morgan fingerprint density at radius 1 is 0.315 bits per heavy atom. The second kappa shape index (κ2) is 65.0. The zero-order valence-corrected chi connectivity index (χ0v) is 61.6. The smallest absolute Gasteiger partial charge is 0.462 e. The molecule has 0 aliphatic carbocycles. The molecular weight excluding hydrogens is 1210 g/mol. The normalized spacial score (nSPS) is 14.4. The summed E-state index contributed by atoms with van der Waals surface area (Å²) in [6.07, 6.45) is 51.1. The van der Waals surface area contributed by atoms with Crippen molar-refractivity contribution in [3.05, 3.63) is 0 Å². The molecule has 0 rings (SSSR count). The quantitative estimate of drug-likeness (QED) is 0.0222. The Balaban J connectivity index is 5.27. The minimum absolute atomic E-state index is 0.105. The van der Waals surface area contributed by atoms with E-state index in [1.165, 1.54) is 193 Å². The third-order valence-electron chi connectivity index (χ3n) is 17.3. The maximum atomic E-state index is 13.1. The Labute approximate surface area is 562 Å². The van der Waals surface area contributed by atoms with Gasteiger partial charge in [0.05, 0.1) is 26.4 Å². The molecule has 0 aromatic carbocycles. The van der Waals surface area contributed by atoms with E-state index in [1.807, 2.05) is 0 Å². The number of phosphoric acid groups is 2. The number of aliphatic hydroxyl groups is 1. The molecule has 0 aromatic rings. The monoisotopic (exact) mass is 1350 g/mol. The van der Waals surface area contributed by atoms with Gasteiger partial charge >= 0.3 is 39.5 Å². The van der Waals surface area contributed by atoms with Crippen LogP contribution in [0.5, 0.6) is 0 Å². The SMILES string of the molecule is CCCCCCCCCCCCCCCC(=O)OC[C@H](COP(=O)(O)OC[C@@H](O)COP(=O)(O)OC[C@@H](COC(=O)CCCCCCCCCCCCCC)OC(=O)CCCCCCCCCCC(C)CC)OC(=O)CCCCCCCCCCCCCCC(C)C. The van der Waals surface area contributed by atoms with Crippen molar-refractivity contribution in [3.8, 4) is 0 Å². The van der Waals surface area contributed by atoms with E-state index in [4.69, 9.17) is 37.0 Å². The van der Waals surface area contributed by atoms with Crippen molar-refractivity contribution >= 4 is 39.5 Å². The van der Waals surface area contributed by atoms with Crippen LogP contribution in [-0.2, 0) is 65.4 Å². The van der Waals surface area contributed by atoms with Gasteiger partial charge in [-0.25, -0.2) is 9.13 Å². The summed E-state index contributed by atoms with van der Waals surface area (Å²) in [7, 11) is -9.91. The fraction of sp³-hybridized carbons (Fsp3) is 0.945. The third kappa shape index (κ3) is 65.4. The number of phosphoric ester groups is 2. The molecule has 3 unspecified atom stereocenters. The second-order valence-corrected chi connectivity index (χ2v) is 30.0. The van der Waals surface area contributed by atoms with Crippen LogP contribution < -0.4 is 0 Å². The summed E-state index contributed by atoms with van der Waals surface area (Å²) in [6, 6.07) is 0. The van der Waals surface area contributed by atoms with Crippen molar-refractivity contribution in [2.24, 2.45) is 11.8 Å². The number of hydrogen-bond donors (Lipinski definition) is 3. The van der Waals surface area contributed by atoms with Crippen LogP contribution in [-0.4, -0.2) is 96.7 Å². The van der Waals surface area contributed by atoms with Crippen molar-refractivity contribution in [3.63, 3.8) is 0 Å². The number of unbranched alkanes of at least 4 members (excludes halogenated alkanes) is 41. The summed E-state index contributed by atoms with van der Waals surface area (Å²) in [5.74, 6) is -0.572. The molecule has 0 aliphatic heterocycles. The summed E-state index contributed by atoms with van der Waals surface area (Å²) in [5, 5.41) is 10.6. The predicted molar refractivity (Wildman–Crippen MR) is 372 cm³/mol. The molecule has 92 heavy (non-hydrogen) atoms. The standard InChI is InChI=1S/C73H142O17P2/c1-7-10-12-14-16-18-20-22-27-31-38-44-50-56-71(76)83-61-68(89-72(77)57-51-45-39-32-28-24-23-25-29-35-41-47-53-65(4)5)63-87-91(79,80)85-59-67(74)60-86-92(81,82)88-64-69(90-73(78)58-52-46-40-34-33-36-42-48-54-66(6)9-3)62-84-70(75)55-49-43-37-30-26-21-19-17-15-13-11-8-2/h65-69,74H,7-64H2,1-6H3,(H,79,80)(H,81,82)/t66?,67-,68-,69-/m1/s1. The van der Waals surface area contributed by atoms with Gasteiger partial charge in [0, 0.05) is 25.7 Å². The van der Waals surface area contributed by atoms with Gasteiger partial charge in [0.15, 0.2) is 12.2 Å². The molecule has 0 bridgehead atoms. The number of esters is 4. The third-order valence-corrected chi connectivity index (χ3v) is 19.2. The van der Waals surface area contributed by atoms with Gasteiger partial charge in [-0.15, -0.1) is 0 Å². The number of rotatable bonds is 72. The fourth-order valence-electron chi connectivity index (χ4n) is 11.1. The first-order chi connectivity index (χ1) is 44.4. The Morgan fingerprint density at radius 2 is 0.554 bits per heavy atom. The van der Waals surface area contributed by atoms with Crippen molar-refractivity contribution in [1.82, 2.24) is 0 Å². The molecule has 0 aromatic heterocycles. The maximum absolute atomic E-state index is 13.1. The highest BCUT2D eigenvalue weighted by molar-refractivity contribution is 7.47. The lowest BCUT2D eigenvalue weighted by Gasteiger charge is -2.21. The van der Waals surface area contributed by atoms with E-state index in [-0.39, 0.29) is 25.7 Å². The molecule has 0 heterocycles. The molecule has 3 N–H and O–H groups in total. The predicted octanol–water partition coefficient (Wildman–Crippen LogP) is 21.2. The van der Waals surface area contributed by atoms with E-state index < -0.39 is 97.5 Å². The van der Waals surface area contributed by atoms with E-state index in [0.29, 0.717) is 25.7 Å². The molecule has 0 saturated heterocycles. The molecule has 0 amide bonds. The molecule has 0 spiro atoms. The lowest BCUT2D eigenvalue weighted by Crippen LogP contribution is -2.30. The second-order valence-electron chi connectivity index (χ2n) is 27.1. The number of ether oxygens (including phenoxy) is 4. The van der Waals surface area contributed by atoms with E-state index in [0.717, 1.165) is 102 Å². The van der Waals surface area contributed by atoms with E-state index >= 15 is 0 Å². The van der Waals surface area contributed by atoms with Gasteiger partial charge in [0.25, 0.3) is 0 Å². The lowest BCUT2D eigenvalue weighted by atomic mass is 9.99. The molecule has 6 atom stereocenters. The van der Waals surface area contributed by atoms with Gasteiger partial charge in [0.2, 0.25) is 0 Å². The van der Waals surface area contributed by atoms with Crippen LogP contribution in [0.1, 0.15) is 375 Å².